The fraction of sp³-hybridized carbons (Fsp3) is 0.300. The highest BCUT2D eigenvalue weighted by molar-refractivity contribution is 7.71. The number of nitrogens with zero attached hydrogens (tertiary/aromatic N) is 1. The van der Waals surface area contributed by atoms with Crippen molar-refractivity contribution in [1.29, 1.82) is 0 Å². The number of H-pyrrole nitrogens is 1. The molecule has 0 saturated carbocycles. The molecule has 0 amide bonds. The third kappa shape index (κ3) is 1.98. The Balaban J connectivity index is 2.60. The number of fused-ring (bicyclic) bond motifs is 1. The standard InChI is InChI=1S/C10H10ClFN2OS/c1-15-3-2-14-9-5-7(12)6(11)4-8(9)13-10(14)16/h4-5H,2-3H2,1H3,(H,13,16). The van der Waals surface area contributed by atoms with Crippen molar-refractivity contribution in [1.82, 2.24) is 9.55 Å². The molecule has 0 radical (unpaired) electrons. The summed E-state index contributed by atoms with van der Waals surface area (Å²) in [5, 5.41) is 0.0858. The molecule has 1 aromatic carbocycles. The lowest BCUT2D eigenvalue weighted by Crippen LogP contribution is -2.04. The van der Waals surface area contributed by atoms with Crippen LogP contribution in [0.25, 0.3) is 11.0 Å². The number of imidazole rings is 1. The lowest BCUT2D eigenvalue weighted by molar-refractivity contribution is 0.188. The number of benzene rings is 1. The Labute approximate surface area is 102 Å². The van der Waals surface area contributed by atoms with E-state index in [1.807, 2.05) is 0 Å². The van der Waals surface area contributed by atoms with E-state index in [0.717, 1.165) is 5.52 Å². The summed E-state index contributed by atoms with van der Waals surface area (Å²) in [4.78, 5) is 2.98. The summed E-state index contributed by atoms with van der Waals surface area (Å²) in [6, 6.07) is 2.91. The smallest absolute Gasteiger partial charge is 0.178 e. The first kappa shape index (κ1) is 11.6. The molecule has 0 aliphatic heterocycles. The average Bonchev–Trinajstić information content (AvgIpc) is 2.52. The summed E-state index contributed by atoms with van der Waals surface area (Å²) in [5.41, 5.74) is 1.43. The molecule has 1 heterocycles. The number of rotatable bonds is 3. The highest BCUT2D eigenvalue weighted by atomic mass is 35.5. The van der Waals surface area contributed by atoms with E-state index in [2.05, 4.69) is 4.98 Å². The molecule has 2 aromatic rings. The molecule has 0 spiro atoms. The number of aromatic nitrogens is 2. The third-order valence-corrected chi connectivity index (χ3v) is 2.95. The van der Waals surface area contributed by atoms with Crippen molar-refractivity contribution in [3.8, 4) is 0 Å². The predicted octanol–water partition coefficient (Wildman–Crippen LogP) is 3.14. The number of nitrogens with one attached hydrogen (secondary N) is 1. The zero-order valence-electron chi connectivity index (χ0n) is 8.59. The van der Waals surface area contributed by atoms with Gasteiger partial charge in [0.05, 0.1) is 22.7 Å². The quantitative estimate of drug-likeness (QED) is 0.860. The van der Waals surface area contributed by atoms with Gasteiger partial charge in [-0.2, -0.15) is 0 Å². The van der Waals surface area contributed by atoms with E-state index in [9.17, 15) is 4.39 Å². The van der Waals surface area contributed by atoms with Crippen LogP contribution in [0.5, 0.6) is 0 Å². The third-order valence-electron chi connectivity index (χ3n) is 2.34. The molecule has 1 N–H and O–H groups in total. The van der Waals surface area contributed by atoms with Crippen LogP contribution in [0.2, 0.25) is 5.02 Å². The van der Waals surface area contributed by atoms with Crippen molar-refractivity contribution in [3.63, 3.8) is 0 Å². The van der Waals surface area contributed by atoms with Crippen LogP contribution in [0.15, 0.2) is 12.1 Å². The minimum Gasteiger partial charge on any atom is -0.383 e. The summed E-state index contributed by atoms with van der Waals surface area (Å²) < 4.78 is 20.6. The van der Waals surface area contributed by atoms with Gasteiger partial charge in [0, 0.05) is 19.7 Å². The van der Waals surface area contributed by atoms with E-state index in [4.69, 9.17) is 28.6 Å². The second-order valence-corrected chi connectivity index (χ2v) is 4.15. The molecule has 86 valence electrons. The summed E-state index contributed by atoms with van der Waals surface area (Å²) in [6.45, 7) is 1.10. The fourth-order valence-corrected chi connectivity index (χ4v) is 2.02. The molecule has 0 unspecified atom stereocenters. The second-order valence-electron chi connectivity index (χ2n) is 3.36. The topological polar surface area (TPSA) is 29.9 Å². The van der Waals surface area contributed by atoms with E-state index in [0.29, 0.717) is 23.4 Å². The molecule has 0 fully saturated rings. The minimum absolute atomic E-state index is 0.0858. The van der Waals surface area contributed by atoms with Gasteiger partial charge >= 0.3 is 0 Å². The van der Waals surface area contributed by atoms with Crippen LogP contribution in [0, 0.1) is 10.6 Å². The van der Waals surface area contributed by atoms with Crippen molar-refractivity contribution in [2.45, 2.75) is 6.54 Å². The Kier molecular flexibility index (Phi) is 3.28. The molecule has 1 aromatic heterocycles. The van der Waals surface area contributed by atoms with Gasteiger partial charge in [-0.25, -0.2) is 4.39 Å². The number of hydrogen-bond donors (Lipinski definition) is 1. The fourth-order valence-electron chi connectivity index (χ4n) is 1.56. The van der Waals surface area contributed by atoms with Gasteiger partial charge in [-0.05, 0) is 18.3 Å². The Morgan fingerprint density at radius 2 is 2.31 bits per heavy atom. The van der Waals surface area contributed by atoms with Crippen molar-refractivity contribution in [2.75, 3.05) is 13.7 Å². The maximum atomic E-state index is 13.3. The number of aromatic amines is 1. The monoisotopic (exact) mass is 260 g/mol. The van der Waals surface area contributed by atoms with Crippen molar-refractivity contribution >= 4 is 34.9 Å². The van der Waals surface area contributed by atoms with Crippen LogP contribution >= 0.6 is 23.8 Å². The van der Waals surface area contributed by atoms with Crippen LogP contribution in [0.1, 0.15) is 0 Å². The number of hydrogen-bond acceptors (Lipinski definition) is 2. The van der Waals surface area contributed by atoms with Crippen LogP contribution < -0.4 is 0 Å². The Morgan fingerprint density at radius 1 is 1.56 bits per heavy atom. The largest absolute Gasteiger partial charge is 0.383 e. The number of halogens is 2. The molecule has 16 heavy (non-hydrogen) atoms. The Morgan fingerprint density at radius 3 is 3.00 bits per heavy atom. The molecule has 6 heteroatoms. The SMILES string of the molecule is COCCn1c(=S)[nH]c2cc(Cl)c(F)cc21. The maximum Gasteiger partial charge on any atom is 0.178 e. The van der Waals surface area contributed by atoms with E-state index in [1.54, 1.807) is 11.7 Å². The number of ether oxygens (including phenoxy) is 1. The van der Waals surface area contributed by atoms with Crippen LogP contribution in [-0.2, 0) is 11.3 Å². The van der Waals surface area contributed by atoms with Gasteiger partial charge in [0.1, 0.15) is 5.82 Å². The van der Waals surface area contributed by atoms with Gasteiger partial charge < -0.3 is 14.3 Å². The van der Waals surface area contributed by atoms with Gasteiger partial charge in [-0.1, -0.05) is 11.6 Å². The van der Waals surface area contributed by atoms with Gasteiger partial charge in [0.25, 0.3) is 0 Å². The molecule has 0 aliphatic rings. The van der Waals surface area contributed by atoms with Crippen LogP contribution in [-0.4, -0.2) is 23.3 Å². The molecule has 0 saturated heterocycles. The zero-order chi connectivity index (χ0) is 11.7. The molecule has 3 nitrogen and oxygen atoms in total. The van der Waals surface area contributed by atoms with Gasteiger partial charge in [0.15, 0.2) is 4.77 Å². The zero-order valence-corrected chi connectivity index (χ0v) is 10.2. The molecule has 2 rings (SSSR count). The van der Waals surface area contributed by atoms with Crippen LogP contribution in [0.3, 0.4) is 0 Å². The van der Waals surface area contributed by atoms with Crippen LogP contribution in [0.4, 0.5) is 4.39 Å². The van der Waals surface area contributed by atoms with E-state index in [1.165, 1.54) is 12.1 Å². The summed E-state index contributed by atoms with van der Waals surface area (Å²) >= 11 is 10.8. The van der Waals surface area contributed by atoms with E-state index < -0.39 is 5.82 Å². The second kappa shape index (κ2) is 4.53. The normalized spacial score (nSPS) is 11.2. The summed E-state index contributed by atoms with van der Waals surface area (Å²) in [6.07, 6.45) is 0. The molecule has 0 atom stereocenters. The Bertz CT molecular complexity index is 578. The van der Waals surface area contributed by atoms with E-state index >= 15 is 0 Å². The van der Waals surface area contributed by atoms with Crippen molar-refractivity contribution < 1.29 is 9.13 Å². The first-order chi connectivity index (χ1) is 7.63. The average molecular weight is 261 g/mol. The highest BCUT2D eigenvalue weighted by Gasteiger charge is 2.08. The minimum atomic E-state index is -0.450. The molecular weight excluding hydrogens is 251 g/mol. The number of methoxy groups -OCH3 is 1. The molecular formula is C10H10ClFN2OS. The predicted molar refractivity (Wildman–Crippen MR) is 64.0 cm³/mol. The van der Waals surface area contributed by atoms with E-state index in [-0.39, 0.29) is 5.02 Å². The Hall–Kier alpha value is -0.910. The summed E-state index contributed by atoms with van der Waals surface area (Å²) in [5.74, 6) is -0.450. The van der Waals surface area contributed by atoms with Gasteiger partial charge in [-0.15, -0.1) is 0 Å². The van der Waals surface area contributed by atoms with Gasteiger partial charge in [-0.3, -0.25) is 0 Å². The first-order valence-corrected chi connectivity index (χ1v) is 5.48. The van der Waals surface area contributed by atoms with Crippen molar-refractivity contribution in [2.24, 2.45) is 0 Å². The maximum absolute atomic E-state index is 13.3. The molecule has 0 bridgehead atoms. The highest BCUT2D eigenvalue weighted by Crippen LogP contribution is 2.22. The van der Waals surface area contributed by atoms with Crippen molar-refractivity contribution in [3.05, 3.63) is 27.7 Å². The lowest BCUT2D eigenvalue weighted by atomic mass is 10.3. The van der Waals surface area contributed by atoms with Gasteiger partial charge in [0.2, 0.25) is 0 Å². The molecule has 0 aliphatic carbocycles. The first-order valence-electron chi connectivity index (χ1n) is 4.70. The lowest BCUT2D eigenvalue weighted by Gasteiger charge is -2.03. The summed E-state index contributed by atoms with van der Waals surface area (Å²) in [7, 11) is 1.61.